The smallest absolute Gasteiger partial charge is 0.134 e. The van der Waals surface area contributed by atoms with Crippen LogP contribution in [-0.2, 0) is 13.0 Å². The molecule has 1 aromatic carbocycles. The number of H-pyrrole nitrogens is 1. The van der Waals surface area contributed by atoms with Crippen LogP contribution >= 0.6 is 0 Å². The number of hydrogen-bond acceptors (Lipinski definition) is 4. The quantitative estimate of drug-likeness (QED) is 0.765. The minimum atomic E-state index is 0.406. The first-order valence-electron chi connectivity index (χ1n) is 5.85. The fourth-order valence-electron chi connectivity index (χ4n) is 1.89. The SMILES string of the molecule is CCc1cc2cn[nH]c2cc1OCc1ccon1. The molecule has 0 atom stereocenters. The topological polar surface area (TPSA) is 63.9 Å². The first-order valence-corrected chi connectivity index (χ1v) is 5.85. The molecule has 5 heteroatoms. The van der Waals surface area contributed by atoms with E-state index in [9.17, 15) is 0 Å². The third kappa shape index (κ3) is 1.95. The van der Waals surface area contributed by atoms with E-state index in [0.717, 1.165) is 34.3 Å². The van der Waals surface area contributed by atoms with Crippen LogP contribution in [0.5, 0.6) is 5.75 Å². The minimum Gasteiger partial charge on any atom is -0.487 e. The largest absolute Gasteiger partial charge is 0.487 e. The van der Waals surface area contributed by atoms with Crippen LogP contribution < -0.4 is 4.74 Å². The van der Waals surface area contributed by atoms with Gasteiger partial charge in [-0.25, -0.2) is 0 Å². The van der Waals surface area contributed by atoms with Crippen LogP contribution in [0, 0.1) is 0 Å². The molecular formula is C13H13N3O2. The molecule has 5 nitrogen and oxygen atoms in total. The van der Waals surface area contributed by atoms with E-state index >= 15 is 0 Å². The number of aromatic nitrogens is 3. The molecule has 92 valence electrons. The highest BCUT2D eigenvalue weighted by Crippen LogP contribution is 2.25. The highest BCUT2D eigenvalue weighted by Gasteiger charge is 2.07. The number of aryl methyl sites for hydroxylation is 1. The van der Waals surface area contributed by atoms with E-state index in [1.165, 1.54) is 6.26 Å². The van der Waals surface area contributed by atoms with Gasteiger partial charge in [-0.3, -0.25) is 5.10 Å². The zero-order chi connectivity index (χ0) is 12.4. The van der Waals surface area contributed by atoms with Gasteiger partial charge in [-0.1, -0.05) is 12.1 Å². The Balaban J connectivity index is 1.89. The van der Waals surface area contributed by atoms with Crippen molar-refractivity contribution in [2.24, 2.45) is 0 Å². The second kappa shape index (κ2) is 4.52. The van der Waals surface area contributed by atoms with E-state index in [-0.39, 0.29) is 0 Å². The third-order valence-corrected chi connectivity index (χ3v) is 2.87. The average molecular weight is 243 g/mol. The van der Waals surface area contributed by atoms with Crippen LogP contribution in [0.3, 0.4) is 0 Å². The molecule has 0 radical (unpaired) electrons. The number of nitrogens with zero attached hydrogens (tertiary/aromatic N) is 2. The summed E-state index contributed by atoms with van der Waals surface area (Å²) in [6, 6.07) is 5.86. The third-order valence-electron chi connectivity index (χ3n) is 2.87. The molecule has 0 amide bonds. The Kier molecular flexibility index (Phi) is 2.72. The van der Waals surface area contributed by atoms with Crippen molar-refractivity contribution in [2.45, 2.75) is 20.0 Å². The summed E-state index contributed by atoms with van der Waals surface area (Å²) < 4.78 is 10.6. The number of fused-ring (bicyclic) bond motifs is 1. The Labute approximate surface area is 104 Å². The van der Waals surface area contributed by atoms with Crippen molar-refractivity contribution in [3.05, 3.63) is 41.9 Å². The fourth-order valence-corrected chi connectivity index (χ4v) is 1.89. The zero-order valence-corrected chi connectivity index (χ0v) is 10.0. The summed E-state index contributed by atoms with van der Waals surface area (Å²) in [5.74, 6) is 0.859. The maximum atomic E-state index is 5.78. The van der Waals surface area contributed by atoms with Gasteiger partial charge in [0.1, 0.15) is 24.3 Å². The molecule has 0 spiro atoms. The molecule has 0 aliphatic carbocycles. The second-order valence-corrected chi connectivity index (χ2v) is 4.05. The van der Waals surface area contributed by atoms with Crippen molar-refractivity contribution >= 4 is 10.9 Å². The molecule has 0 saturated carbocycles. The van der Waals surface area contributed by atoms with Gasteiger partial charge in [-0.05, 0) is 18.1 Å². The van der Waals surface area contributed by atoms with Gasteiger partial charge in [-0.15, -0.1) is 0 Å². The van der Waals surface area contributed by atoms with E-state index in [2.05, 4.69) is 28.3 Å². The van der Waals surface area contributed by atoms with Crippen molar-refractivity contribution in [3.8, 4) is 5.75 Å². The van der Waals surface area contributed by atoms with E-state index in [4.69, 9.17) is 9.26 Å². The molecule has 0 bridgehead atoms. The Morgan fingerprint density at radius 3 is 3.11 bits per heavy atom. The summed E-state index contributed by atoms with van der Waals surface area (Å²) in [7, 11) is 0. The van der Waals surface area contributed by atoms with Crippen LogP contribution in [0.1, 0.15) is 18.2 Å². The minimum absolute atomic E-state index is 0.406. The highest BCUT2D eigenvalue weighted by atomic mass is 16.5. The van der Waals surface area contributed by atoms with Gasteiger partial charge in [0.2, 0.25) is 0 Å². The average Bonchev–Trinajstić information content (AvgIpc) is 3.05. The standard InChI is InChI=1S/C13H13N3O2/c1-2-9-5-10-7-14-15-12(10)6-13(9)17-8-11-3-4-18-16-11/h3-7H,2,8H2,1H3,(H,14,15). The Bertz CT molecular complexity index is 643. The lowest BCUT2D eigenvalue weighted by Gasteiger charge is -2.09. The summed E-state index contributed by atoms with van der Waals surface area (Å²) in [6.45, 7) is 2.51. The summed E-state index contributed by atoms with van der Waals surface area (Å²) in [6.07, 6.45) is 4.27. The number of rotatable bonds is 4. The summed E-state index contributed by atoms with van der Waals surface area (Å²) >= 11 is 0. The maximum absolute atomic E-state index is 5.78. The predicted molar refractivity (Wildman–Crippen MR) is 66.3 cm³/mol. The van der Waals surface area contributed by atoms with E-state index in [1.807, 2.05) is 12.3 Å². The molecule has 0 fully saturated rings. The van der Waals surface area contributed by atoms with Crippen molar-refractivity contribution in [3.63, 3.8) is 0 Å². The van der Waals surface area contributed by atoms with Crippen molar-refractivity contribution in [2.75, 3.05) is 0 Å². The molecule has 0 saturated heterocycles. The predicted octanol–water partition coefficient (Wildman–Crippen LogP) is 2.69. The molecule has 0 aliphatic heterocycles. The lowest BCUT2D eigenvalue weighted by molar-refractivity contribution is 0.287. The van der Waals surface area contributed by atoms with Crippen LogP contribution in [-0.4, -0.2) is 15.4 Å². The molecule has 0 aliphatic rings. The lowest BCUT2D eigenvalue weighted by Crippen LogP contribution is -1.98. The van der Waals surface area contributed by atoms with Gasteiger partial charge >= 0.3 is 0 Å². The van der Waals surface area contributed by atoms with Crippen molar-refractivity contribution < 1.29 is 9.26 Å². The number of aromatic amines is 1. The van der Waals surface area contributed by atoms with E-state index in [1.54, 1.807) is 6.07 Å². The summed E-state index contributed by atoms with van der Waals surface area (Å²) in [5, 5.41) is 11.9. The highest BCUT2D eigenvalue weighted by molar-refractivity contribution is 5.80. The van der Waals surface area contributed by atoms with Crippen LogP contribution in [0.2, 0.25) is 0 Å². The van der Waals surface area contributed by atoms with Gasteiger partial charge in [0, 0.05) is 17.5 Å². The first kappa shape index (κ1) is 10.8. The second-order valence-electron chi connectivity index (χ2n) is 4.05. The van der Waals surface area contributed by atoms with Gasteiger partial charge in [-0.2, -0.15) is 5.10 Å². The van der Waals surface area contributed by atoms with Gasteiger partial charge in [0.25, 0.3) is 0 Å². The molecular weight excluding hydrogens is 230 g/mol. The van der Waals surface area contributed by atoms with Gasteiger partial charge in [0.15, 0.2) is 0 Å². The number of nitrogens with one attached hydrogen (secondary N) is 1. The first-order chi connectivity index (χ1) is 8.86. The molecule has 3 aromatic rings. The fraction of sp³-hybridized carbons (Fsp3) is 0.231. The van der Waals surface area contributed by atoms with Gasteiger partial charge in [0.05, 0.1) is 11.7 Å². The molecule has 2 aromatic heterocycles. The molecule has 2 heterocycles. The Hall–Kier alpha value is -2.30. The zero-order valence-electron chi connectivity index (χ0n) is 10.0. The number of ether oxygens (including phenoxy) is 1. The van der Waals surface area contributed by atoms with Crippen LogP contribution in [0.4, 0.5) is 0 Å². The Morgan fingerprint density at radius 1 is 1.39 bits per heavy atom. The Morgan fingerprint density at radius 2 is 2.33 bits per heavy atom. The molecule has 0 unspecified atom stereocenters. The van der Waals surface area contributed by atoms with Crippen molar-refractivity contribution in [1.29, 1.82) is 0 Å². The van der Waals surface area contributed by atoms with E-state index < -0.39 is 0 Å². The van der Waals surface area contributed by atoms with Crippen LogP contribution in [0.15, 0.2) is 35.2 Å². The number of benzene rings is 1. The molecule has 1 N–H and O–H groups in total. The molecule has 3 rings (SSSR count). The van der Waals surface area contributed by atoms with Gasteiger partial charge < -0.3 is 9.26 Å². The lowest BCUT2D eigenvalue weighted by atomic mass is 10.1. The number of hydrogen-bond donors (Lipinski definition) is 1. The monoisotopic (exact) mass is 243 g/mol. The van der Waals surface area contributed by atoms with E-state index in [0.29, 0.717) is 6.61 Å². The summed E-state index contributed by atoms with van der Waals surface area (Å²) in [4.78, 5) is 0. The normalized spacial score (nSPS) is 10.9. The van der Waals surface area contributed by atoms with Crippen LogP contribution in [0.25, 0.3) is 10.9 Å². The maximum Gasteiger partial charge on any atom is 0.134 e. The molecule has 18 heavy (non-hydrogen) atoms. The van der Waals surface area contributed by atoms with Crippen molar-refractivity contribution in [1.82, 2.24) is 15.4 Å². The summed E-state index contributed by atoms with van der Waals surface area (Å²) in [5.41, 5.74) is 2.91.